The van der Waals surface area contributed by atoms with Crippen LogP contribution in [0.2, 0.25) is 0 Å². The fourth-order valence-corrected chi connectivity index (χ4v) is 2.23. The van der Waals surface area contributed by atoms with Gasteiger partial charge in [-0.2, -0.15) is 0 Å². The average molecular weight is 231 g/mol. The first-order chi connectivity index (χ1) is 8.88. The second kappa shape index (κ2) is 4.67. The van der Waals surface area contributed by atoms with E-state index in [0.29, 0.717) is 0 Å². The molecule has 1 radical (unpaired) electrons. The molecule has 2 heteroatoms. The molecule has 1 N–H and O–H groups in total. The summed E-state index contributed by atoms with van der Waals surface area (Å²) in [6.07, 6.45) is 0. The van der Waals surface area contributed by atoms with Gasteiger partial charge in [0.2, 0.25) is 0 Å². The standard InChI is InChI=1S/C16H12BO/c18-17-14-10-8-13(9-11-14)16-7-3-5-12-4-1-2-6-15(12)16/h1-11,18H. The molecule has 0 atom stereocenters. The van der Waals surface area contributed by atoms with Crippen LogP contribution in [0.1, 0.15) is 0 Å². The molecular weight excluding hydrogens is 219 g/mol. The van der Waals surface area contributed by atoms with E-state index in [-0.39, 0.29) is 0 Å². The predicted octanol–water partition coefficient (Wildman–Crippen LogP) is 2.74. The fourth-order valence-electron chi connectivity index (χ4n) is 2.23. The van der Waals surface area contributed by atoms with E-state index in [0.717, 1.165) is 18.5 Å². The highest BCUT2D eigenvalue weighted by atomic mass is 16.2. The Balaban J connectivity index is 2.18. The normalized spacial score (nSPS) is 10.5. The Hall–Kier alpha value is -2.06. The molecule has 0 amide bonds. The third-order valence-corrected chi connectivity index (χ3v) is 3.16. The van der Waals surface area contributed by atoms with Crippen molar-refractivity contribution in [1.82, 2.24) is 0 Å². The molecule has 0 saturated heterocycles. The summed E-state index contributed by atoms with van der Waals surface area (Å²) in [5, 5.41) is 11.4. The summed E-state index contributed by atoms with van der Waals surface area (Å²) in [6.45, 7) is 0. The highest BCUT2D eigenvalue weighted by Crippen LogP contribution is 2.27. The van der Waals surface area contributed by atoms with Crippen LogP contribution < -0.4 is 5.46 Å². The lowest BCUT2D eigenvalue weighted by Crippen LogP contribution is -2.11. The van der Waals surface area contributed by atoms with Crippen LogP contribution >= 0.6 is 0 Å². The Kier molecular flexibility index (Phi) is 2.87. The summed E-state index contributed by atoms with van der Waals surface area (Å²) >= 11 is 0. The number of hydrogen-bond acceptors (Lipinski definition) is 1. The maximum absolute atomic E-state index is 8.95. The zero-order chi connectivity index (χ0) is 12.4. The average Bonchev–Trinajstić information content (AvgIpc) is 2.47. The van der Waals surface area contributed by atoms with Crippen molar-refractivity contribution in [2.45, 2.75) is 0 Å². The van der Waals surface area contributed by atoms with Crippen molar-refractivity contribution >= 4 is 23.7 Å². The van der Waals surface area contributed by atoms with Crippen molar-refractivity contribution in [2.75, 3.05) is 0 Å². The van der Waals surface area contributed by atoms with Crippen molar-refractivity contribution in [1.29, 1.82) is 0 Å². The van der Waals surface area contributed by atoms with E-state index in [1.165, 1.54) is 16.3 Å². The third kappa shape index (κ3) is 1.91. The number of fused-ring (bicyclic) bond motifs is 1. The minimum atomic E-state index is 0.819. The highest BCUT2D eigenvalue weighted by Gasteiger charge is 2.03. The Morgan fingerprint density at radius 1 is 0.722 bits per heavy atom. The van der Waals surface area contributed by atoms with Gasteiger partial charge in [0, 0.05) is 0 Å². The highest BCUT2D eigenvalue weighted by molar-refractivity contribution is 6.45. The first-order valence-corrected chi connectivity index (χ1v) is 5.94. The van der Waals surface area contributed by atoms with E-state index in [4.69, 9.17) is 5.02 Å². The Labute approximate surface area is 107 Å². The van der Waals surface area contributed by atoms with Crippen LogP contribution in [-0.4, -0.2) is 12.5 Å². The quantitative estimate of drug-likeness (QED) is 0.672. The van der Waals surface area contributed by atoms with Crippen LogP contribution in [0.15, 0.2) is 66.7 Å². The number of rotatable bonds is 2. The van der Waals surface area contributed by atoms with Crippen LogP contribution in [0.4, 0.5) is 0 Å². The van der Waals surface area contributed by atoms with Crippen molar-refractivity contribution < 1.29 is 5.02 Å². The predicted molar refractivity (Wildman–Crippen MR) is 77.0 cm³/mol. The van der Waals surface area contributed by atoms with E-state index in [1.54, 1.807) is 0 Å². The summed E-state index contributed by atoms with van der Waals surface area (Å²) in [5.74, 6) is 0. The van der Waals surface area contributed by atoms with Gasteiger partial charge in [0.15, 0.2) is 0 Å². The van der Waals surface area contributed by atoms with E-state index in [2.05, 4.69) is 42.5 Å². The molecule has 0 bridgehead atoms. The Bertz CT molecular complexity index is 669. The molecule has 0 aliphatic rings. The van der Waals surface area contributed by atoms with Gasteiger partial charge in [0.05, 0.1) is 0 Å². The van der Waals surface area contributed by atoms with E-state index in [1.807, 2.05) is 24.3 Å². The van der Waals surface area contributed by atoms with Crippen LogP contribution in [0.5, 0.6) is 0 Å². The second-order valence-electron chi connectivity index (χ2n) is 4.28. The van der Waals surface area contributed by atoms with Gasteiger partial charge in [-0.15, -0.1) is 0 Å². The zero-order valence-electron chi connectivity index (χ0n) is 9.88. The van der Waals surface area contributed by atoms with Crippen LogP contribution in [0.25, 0.3) is 21.9 Å². The number of benzene rings is 3. The third-order valence-electron chi connectivity index (χ3n) is 3.16. The number of hydrogen-bond donors (Lipinski definition) is 1. The van der Waals surface area contributed by atoms with Crippen molar-refractivity contribution in [3.05, 3.63) is 66.7 Å². The van der Waals surface area contributed by atoms with Crippen molar-refractivity contribution in [2.24, 2.45) is 0 Å². The summed E-state index contributed by atoms with van der Waals surface area (Å²) < 4.78 is 0. The van der Waals surface area contributed by atoms with Crippen molar-refractivity contribution in [3.63, 3.8) is 0 Å². The summed E-state index contributed by atoms with van der Waals surface area (Å²) in [7, 11) is 1.12. The molecule has 3 aromatic rings. The monoisotopic (exact) mass is 231 g/mol. The lowest BCUT2D eigenvalue weighted by molar-refractivity contribution is 0.615. The maximum Gasteiger partial charge on any atom is 0.326 e. The van der Waals surface area contributed by atoms with Gasteiger partial charge in [-0.25, -0.2) is 0 Å². The molecule has 0 saturated carbocycles. The lowest BCUT2D eigenvalue weighted by Gasteiger charge is -2.07. The molecular formula is C16H12BO. The van der Waals surface area contributed by atoms with Gasteiger partial charge in [0.1, 0.15) is 0 Å². The van der Waals surface area contributed by atoms with E-state index in [9.17, 15) is 0 Å². The van der Waals surface area contributed by atoms with Gasteiger partial charge < -0.3 is 5.02 Å². The second-order valence-corrected chi connectivity index (χ2v) is 4.28. The molecule has 3 rings (SSSR count). The topological polar surface area (TPSA) is 20.2 Å². The molecule has 0 aliphatic heterocycles. The molecule has 0 unspecified atom stereocenters. The largest absolute Gasteiger partial charge is 0.450 e. The smallest absolute Gasteiger partial charge is 0.326 e. The van der Waals surface area contributed by atoms with Crippen molar-refractivity contribution in [3.8, 4) is 11.1 Å². The van der Waals surface area contributed by atoms with Gasteiger partial charge >= 0.3 is 7.48 Å². The lowest BCUT2D eigenvalue weighted by atomic mass is 9.87. The molecule has 3 aromatic carbocycles. The van der Waals surface area contributed by atoms with Gasteiger partial charge in [-0.1, -0.05) is 72.2 Å². The molecule has 0 aromatic heterocycles. The summed E-state index contributed by atoms with van der Waals surface area (Å²) in [4.78, 5) is 0. The van der Waals surface area contributed by atoms with E-state index < -0.39 is 0 Å². The van der Waals surface area contributed by atoms with Gasteiger partial charge in [-0.3, -0.25) is 0 Å². The SMILES string of the molecule is O[B]c1ccc(-c2cccc3ccccc23)cc1. The molecule has 0 spiro atoms. The molecule has 85 valence electrons. The minimum Gasteiger partial charge on any atom is -0.450 e. The Morgan fingerprint density at radius 3 is 2.22 bits per heavy atom. The molecule has 0 heterocycles. The van der Waals surface area contributed by atoms with Crippen LogP contribution in [0, 0.1) is 0 Å². The zero-order valence-corrected chi connectivity index (χ0v) is 9.88. The summed E-state index contributed by atoms with van der Waals surface area (Å²) in [5.41, 5.74) is 3.20. The molecule has 1 nitrogen and oxygen atoms in total. The first-order valence-electron chi connectivity index (χ1n) is 5.94. The van der Waals surface area contributed by atoms with E-state index >= 15 is 0 Å². The molecule has 0 aliphatic carbocycles. The summed E-state index contributed by atoms with van der Waals surface area (Å²) in [6, 6.07) is 22.6. The minimum absolute atomic E-state index is 0.819. The maximum atomic E-state index is 8.95. The fraction of sp³-hybridized carbons (Fsp3) is 0. The molecule has 18 heavy (non-hydrogen) atoms. The Morgan fingerprint density at radius 2 is 1.44 bits per heavy atom. The van der Waals surface area contributed by atoms with Crippen LogP contribution in [0.3, 0.4) is 0 Å². The molecule has 0 fully saturated rings. The van der Waals surface area contributed by atoms with Gasteiger partial charge in [0.25, 0.3) is 0 Å². The first kappa shape index (κ1) is 11.1. The van der Waals surface area contributed by atoms with Crippen LogP contribution in [-0.2, 0) is 0 Å². The van der Waals surface area contributed by atoms with Gasteiger partial charge in [-0.05, 0) is 21.9 Å².